The maximum Gasteiger partial charge on any atom is 0.184 e. The molecule has 0 aliphatic heterocycles. The van der Waals surface area contributed by atoms with Gasteiger partial charge in [-0.15, -0.1) is 0 Å². The fraction of sp³-hybridized carbons (Fsp3) is 0.600. The average molecular weight is 471 g/mol. The second kappa shape index (κ2) is 11.7. The molecule has 2 aromatic rings. The normalized spacial score (nSPS) is 25.7. The first kappa shape index (κ1) is 24.6. The summed E-state index contributed by atoms with van der Waals surface area (Å²) in [5, 5.41) is 0.161. The van der Waals surface area contributed by atoms with Gasteiger partial charge in [0.1, 0.15) is 0 Å². The van der Waals surface area contributed by atoms with E-state index >= 15 is 4.39 Å². The van der Waals surface area contributed by atoms with Crippen LogP contribution in [0.3, 0.4) is 0 Å². The Balaban J connectivity index is 1.36. The minimum atomic E-state index is -0.437. The van der Waals surface area contributed by atoms with Crippen molar-refractivity contribution < 1.29 is 9.13 Å². The van der Waals surface area contributed by atoms with Crippen molar-refractivity contribution in [1.29, 1.82) is 0 Å². The molecule has 0 amide bonds. The van der Waals surface area contributed by atoms with Crippen LogP contribution in [-0.4, -0.2) is 6.61 Å². The van der Waals surface area contributed by atoms with E-state index in [2.05, 4.69) is 38.1 Å². The highest BCUT2D eigenvalue weighted by Crippen LogP contribution is 2.40. The molecule has 0 radical (unpaired) electrons. The van der Waals surface area contributed by atoms with E-state index in [9.17, 15) is 0 Å². The SMILES string of the molecule is CCCCC1CCC(c2ccc(-c3ccc(OCC4CCC(C)CC4)c(F)c3Cl)cc2)CC1. The highest BCUT2D eigenvalue weighted by atomic mass is 35.5. The number of hydrogen-bond donors (Lipinski definition) is 0. The average Bonchev–Trinajstić information content (AvgIpc) is 2.85. The van der Waals surface area contributed by atoms with Gasteiger partial charge in [0.15, 0.2) is 11.6 Å². The van der Waals surface area contributed by atoms with E-state index in [0.717, 1.165) is 23.0 Å². The number of benzene rings is 2. The van der Waals surface area contributed by atoms with Crippen LogP contribution in [0.5, 0.6) is 5.75 Å². The van der Waals surface area contributed by atoms with Crippen LogP contribution >= 0.6 is 11.6 Å². The van der Waals surface area contributed by atoms with Gasteiger partial charge in [0.05, 0.1) is 11.6 Å². The number of rotatable bonds is 8. The second-order valence-electron chi connectivity index (χ2n) is 10.7. The van der Waals surface area contributed by atoms with Crippen molar-refractivity contribution >= 4 is 11.6 Å². The quantitative estimate of drug-likeness (QED) is 0.373. The van der Waals surface area contributed by atoms with Crippen molar-refractivity contribution in [1.82, 2.24) is 0 Å². The first-order chi connectivity index (χ1) is 16.0. The van der Waals surface area contributed by atoms with E-state index in [1.54, 1.807) is 6.07 Å². The Kier molecular flexibility index (Phi) is 8.74. The zero-order chi connectivity index (χ0) is 23.2. The fourth-order valence-electron chi connectivity index (χ4n) is 5.78. The summed E-state index contributed by atoms with van der Waals surface area (Å²) in [6.45, 7) is 5.17. The third-order valence-electron chi connectivity index (χ3n) is 8.16. The Hall–Kier alpha value is -1.54. The van der Waals surface area contributed by atoms with Gasteiger partial charge in [-0.2, -0.15) is 0 Å². The van der Waals surface area contributed by atoms with Gasteiger partial charge in [0.2, 0.25) is 0 Å². The minimum Gasteiger partial charge on any atom is -0.490 e. The summed E-state index contributed by atoms with van der Waals surface area (Å²) in [6.07, 6.45) is 14.2. The van der Waals surface area contributed by atoms with Crippen LogP contribution in [-0.2, 0) is 0 Å². The van der Waals surface area contributed by atoms with Crippen molar-refractivity contribution in [2.75, 3.05) is 6.61 Å². The van der Waals surface area contributed by atoms with Crippen LogP contribution in [0.15, 0.2) is 36.4 Å². The van der Waals surface area contributed by atoms with Crippen LogP contribution in [0.2, 0.25) is 5.02 Å². The lowest BCUT2D eigenvalue weighted by atomic mass is 9.77. The summed E-state index contributed by atoms with van der Waals surface area (Å²) in [4.78, 5) is 0. The van der Waals surface area contributed by atoms with E-state index < -0.39 is 5.82 Å². The molecule has 4 rings (SSSR count). The van der Waals surface area contributed by atoms with Gasteiger partial charge < -0.3 is 4.74 Å². The molecule has 0 aromatic heterocycles. The molecule has 0 heterocycles. The lowest BCUT2D eigenvalue weighted by molar-refractivity contribution is 0.183. The first-order valence-electron chi connectivity index (χ1n) is 13.3. The molecule has 3 heteroatoms. The molecule has 180 valence electrons. The van der Waals surface area contributed by atoms with Gasteiger partial charge in [-0.1, -0.05) is 81.8 Å². The Morgan fingerprint density at radius 3 is 2.21 bits per heavy atom. The van der Waals surface area contributed by atoms with Gasteiger partial charge in [0, 0.05) is 5.56 Å². The molecule has 33 heavy (non-hydrogen) atoms. The summed E-state index contributed by atoms with van der Waals surface area (Å²) >= 11 is 6.46. The van der Waals surface area contributed by atoms with E-state index in [-0.39, 0.29) is 10.8 Å². The third-order valence-corrected chi connectivity index (χ3v) is 8.53. The third kappa shape index (κ3) is 6.32. The standard InChI is InChI=1S/C30H40ClFO/c1-3-4-5-22-10-12-24(13-11-22)25-14-16-26(17-15-25)27-18-19-28(30(32)29(27)31)33-20-23-8-6-21(2)7-9-23/h14-19,21-24H,3-13,20H2,1-2H3. The van der Waals surface area contributed by atoms with Gasteiger partial charge in [-0.25, -0.2) is 4.39 Å². The summed E-state index contributed by atoms with van der Waals surface area (Å²) in [6, 6.07) is 12.3. The Labute approximate surface area is 205 Å². The van der Waals surface area contributed by atoms with Gasteiger partial charge in [-0.3, -0.25) is 0 Å². The highest BCUT2D eigenvalue weighted by Gasteiger charge is 2.23. The maximum absolute atomic E-state index is 15.0. The molecule has 0 N–H and O–H groups in total. The largest absolute Gasteiger partial charge is 0.490 e. The van der Waals surface area contributed by atoms with Crippen LogP contribution < -0.4 is 4.74 Å². The molecule has 0 spiro atoms. The lowest BCUT2D eigenvalue weighted by Crippen LogP contribution is -2.19. The van der Waals surface area contributed by atoms with Crippen LogP contribution in [0.4, 0.5) is 4.39 Å². The van der Waals surface area contributed by atoms with Crippen molar-refractivity contribution in [3.05, 3.63) is 52.8 Å². The number of ether oxygens (including phenoxy) is 1. The monoisotopic (exact) mass is 470 g/mol. The second-order valence-corrected chi connectivity index (χ2v) is 11.0. The molecular formula is C30H40ClFO. The van der Waals surface area contributed by atoms with Crippen molar-refractivity contribution in [3.63, 3.8) is 0 Å². The summed E-state index contributed by atoms with van der Waals surface area (Å²) in [7, 11) is 0. The van der Waals surface area contributed by atoms with Gasteiger partial charge in [0.25, 0.3) is 0 Å². The molecule has 0 unspecified atom stereocenters. The molecular weight excluding hydrogens is 431 g/mol. The Bertz CT molecular complexity index is 877. The molecule has 2 fully saturated rings. The van der Waals surface area contributed by atoms with Crippen LogP contribution in [0.1, 0.15) is 96.0 Å². The predicted octanol–water partition coefficient (Wildman–Crippen LogP) is 9.82. The zero-order valence-electron chi connectivity index (χ0n) is 20.4. The highest BCUT2D eigenvalue weighted by molar-refractivity contribution is 6.33. The van der Waals surface area contributed by atoms with E-state index in [4.69, 9.17) is 16.3 Å². The molecule has 2 aliphatic rings. The van der Waals surface area contributed by atoms with Crippen LogP contribution in [0.25, 0.3) is 11.1 Å². The predicted molar refractivity (Wildman–Crippen MR) is 138 cm³/mol. The molecule has 2 aliphatic carbocycles. The number of unbranched alkanes of at least 4 members (excludes halogenated alkanes) is 1. The molecule has 2 aromatic carbocycles. The first-order valence-corrected chi connectivity index (χ1v) is 13.6. The summed E-state index contributed by atoms with van der Waals surface area (Å²) in [5.41, 5.74) is 3.11. The van der Waals surface area contributed by atoms with E-state index in [1.807, 2.05) is 6.07 Å². The molecule has 0 atom stereocenters. The molecule has 1 nitrogen and oxygen atoms in total. The van der Waals surface area contributed by atoms with Crippen molar-refractivity contribution in [2.24, 2.45) is 17.8 Å². The fourth-order valence-corrected chi connectivity index (χ4v) is 6.05. The van der Waals surface area contributed by atoms with Gasteiger partial charge >= 0.3 is 0 Å². The van der Waals surface area contributed by atoms with E-state index in [0.29, 0.717) is 18.4 Å². The van der Waals surface area contributed by atoms with E-state index in [1.165, 1.54) is 76.2 Å². The maximum atomic E-state index is 15.0. The topological polar surface area (TPSA) is 9.23 Å². The van der Waals surface area contributed by atoms with Crippen molar-refractivity contribution in [2.45, 2.75) is 90.4 Å². The lowest BCUT2D eigenvalue weighted by Gasteiger charge is -2.29. The summed E-state index contributed by atoms with van der Waals surface area (Å²) in [5.74, 6) is 2.74. The molecule has 0 saturated heterocycles. The Morgan fingerprint density at radius 1 is 0.879 bits per heavy atom. The van der Waals surface area contributed by atoms with Gasteiger partial charge in [-0.05, 0) is 85.5 Å². The van der Waals surface area contributed by atoms with Crippen molar-refractivity contribution in [3.8, 4) is 16.9 Å². The molecule has 2 saturated carbocycles. The zero-order valence-corrected chi connectivity index (χ0v) is 21.2. The minimum absolute atomic E-state index is 0.161. The molecule has 0 bridgehead atoms. The Morgan fingerprint density at radius 2 is 1.55 bits per heavy atom. The smallest absolute Gasteiger partial charge is 0.184 e. The number of halogens is 2. The van der Waals surface area contributed by atoms with Crippen LogP contribution in [0, 0.1) is 23.6 Å². The number of hydrogen-bond acceptors (Lipinski definition) is 1. The summed E-state index contributed by atoms with van der Waals surface area (Å²) < 4.78 is 20.9.